The average Bonchev–Trinajstić information content (AvgIpc) is 3.32. The summed E-state index contributed by atoms with van der Waals surface area (Å²) in [4.78, 5) is 25.7. The monoisotopic (exact) mass is 474 g/mol. The molecule has 0 saturated carbocycles. The number of furan rings is 1. The van der Waals surface area contributed by atoms with Crippen LogP contribution in [0.15, 0.2) is 47.1 Å². The molecule has 33 heavy (non-hydrogen) atoms. The maximum atomic E-state index is 12.9. The van der Waals surface area contributed by atoms with Crippen molar-refractivity contribution in [3.8, 4) is 5.75 Å². The summed E-state index contributed by atoms with van der Waals surface area (Å²) >= 11 is 1.57. The van der Waals surface area contributed by atoms with Crippen molar-refractivity contribution in [3.05, 3.63) is 54.0 Å². The van der Waals surface area contributed by atoms with Gasteiger partial charge in [-0.1, -0.05) is 33.6 Å². The number of unbranched alkanes of at least 4 members (excludes halogenated alkanes) is 1. The van der Waals surface area contributed by atoms with Gasteiger partial charge in [0.15, 0.2) is 5.78 Å². The van der Waals surface area contributed by atoms with Crippen LogP contribution in [0, 0.1) is 5.92 Å². The Hall–Kier alpha value is -2.25. The lowest BCUT2D eigenvalue weighted by Crippen LogP contribution is -2.48. The molecule has 2 atom stereocenters. The van der Waals surface area contributed by atoms with Gasteiger partial charge in [-0.3, -0.25) is 9.59 Å². The summed E-state index contributed by atoms with van der Waals surface area (Å²) in [7, 11) is 1.60. The van der Waals surface area contributed by atoms with E-state index in [2.05, 4.69) is 31.4 Å². The van der Waals surface area contributed by atoms with Crippen LogP contribution in [0.3, 0.4) is 0 Å². The number of ether oxygens (including phenoxy) is 1. The summed E-state index contributed by atoms with van der Waals surface area (Å²) in [6.07, 6.45) is 5.31. The van der Waals surface area contributed by atoms with Crippen molar-refractivity contribution in [1.82, 2.24) is 10.6 Å². The molecule has 2 rings (SSSR count). The third-order valence-electron chi connectivity index (χ3n) is 5.36. The standard InChI is InChI=1S/C26H38N2O4S/c1-5-6-9-24(25(29)18-33-17-23-8-7-14-32-23)27-16-21(15-19(2)3)28-26(30)20-10-12-22(31-4)13-11-20/h7-8,10-14,19,21,24,27H,5-6,9,15-18H2,1-4H3,(H,28,30). The molecule has 0 saturated heterocycles. The number of hydrogen-bond donors (Lipinski definition) is 2. The highest BCUT2D eigenvalue weighted by Gasteiger charge is 2.21. The molecule has 0 radical (unpaired) electrons. The molecule has 1 aromatic carbocycles. The lowest BCUT2D eigenvalue weighted by Gasteiger charge is -2.25. The Morgan fingerprint density at radius 3 is 2.52 bits per heavy atom. The number of rotatable bonds is 16. The number of hydrogen-bond acceptors (Lipinski definition) is 6. The second kappa shape index (κ2) is 14.8. The zero-order chi connectivity index (χ0) is 24.1. The van der Waals surface area contributed by atoms with E-state index in [1.165, 1.54) is 0 Å². The van der Waals surface area contributed by atoms with Gasteiger partial charge in [0.2, 0.25) is 0 Å². The van der Waals surface area contributed by atoms with Crippen molar-refractivity contribution in [1.29, 1.82) is 0 Å². The summed E-state index contributed by atoms with van der Waals surface area (Å²) < 4.78 is 10.5. The fourth-order valence-corrected chi connectivity index (χ4v) is 4.46. The number of Topliss-reactive ketones (excluding diaryl/α,β-unsaturated/α-hetero) is 1. The SMILES string of the molecule is CCCCC(NCC(CC(C)C)NC(=O)c1ccc(OC)cc1)C(=O)CSCc1ccco1. The van der Waals surface area contributed by atoms with E-state index in [0.29, 0.717) is 35.3 Å². The van der Waals surface area contributed by atoms with Crippen LogP contribution in [0.5, 0.6) is 5.75 Å². The second-order valence-corrected chi connectivity index (χ2v) is 9.66. The third-order valence-corrected chi connectivity index (χ3v) is 6.34. The van der Waals surface area contributed by atoms with Gasteiger partial charge >= 0.3 is 0 Å². The van der Waals surface area contributed by atoms with Crippen molar-refractivity contribution in [2.75, 3.05) is 19.4 Å². The lowest BCUT2D eigenvalue weighted by atomic mass is 10.0. The maximum Gasteiger partial charge on any atom is 0.251 e. The lowest BCUT2D eigenvalue weighted by molar-refractivity contribution is -0.118. The van der Waals surface area contributed by atoms with Crippen LogP contribution < -0.4 is 15.4 Å². The summed E-state index contributed by atoms with van der Waals surface area (Å²) in [6.45, 7) is 6.96. The molecule has 1 heterocycles. The van der Waals surface area contributed by atoms with Gasteiger partial charge in [0.05, 0.1) is 30.9 Å². The fraction of sp³-hybridized carbons (Fsp3) is 0.538. The van der Waals surface area contributed by atoms with Gasteiger partial charge in [0.1, 0.15) is 11.5 Å². The first-order valence-corrected chi connectivity index (χ1v) is 12.9. The van der Waals surface area contributed by atoms with Crippen molar-refractivity contribution < 1.29 is 18.7 Å². The smallest absolute Gasteiger partial charge is 0.251 e. The van der Waals surface area contributed by atoms with E-state index in [1.807, 2.05) is 12.1 Å². The van der Waals surface area contributed by atoms with Gasteiger partial charge in [-0.25, -0.2) is 0 Å². The van der Waals surface area contributed by atoms with Crippen LogP contribution in [0.4, 0.5) is 0 Å². The molecule has 2 unspecified atom stereocenters. The van der Waals surface area contributed by atoms with E-state index in [-0.39, 0.29) is 23.8 Å². The van der Waals surface area contributed by atoms with Crippen LogP contribution in [-0.2, 0) is 10.5 Å². The Morgan fingerprint density at radius 2 is 1.91 bits per heavy atom. The first-order valence-electron chi connectivity index (χ1n) is 11.7. The van der Waals surface area contributed by atoms with Crippen molar-refractivity contribution in [2.45, 2.75) is 64.3 Å². The van der Waals surface area contributed by atoms with E-state index in [4.69, 9.17) is 9.15 Å². The molecule has 0 aliphatic rings. The van der Waals surface area contributed by atoms with Crippen LogP contribution >= 0.6 is 11.8 Å². The first kappa shape index (κ1) is 27.0. The van der Waals surface area contributed by atoms with E-state index in [0.717, 1.165) is 31.4 Å². The Balaban J connectivity index is 1.93. The van der Waals surface area contributed by atoms with Crippen LogP contribution in [0.25, 0.3) is 0 Å². The Bertz CT molecular complexity index is 821. The van der Waals surface area contributed by atoms with Gasteiger partial charge < -0.3 is 19.8 Å². The molecule has 0 aliphatic heterocycles. The molecule has 182 valence electrons. The number of benzene rings is 1. The molecule has 0 fully saturated rings. The molecular formula is C26H38N2O4S. The number of carbonyl (C=O) groups excluding carboxylic acids is 2. The van der Waals surface area contributed by atoms with E-state index < -0.39 is 0 Å². The van der Waals surface area contributed by atoms with Gasteiger partial charge in [-0.05, 0) is 55.2 Å². The highest BCUT2D eigenvalue weighted by molar-refractivity contribution is 7.99. The Kier molecular flexibility index (Phi) is 12.1. The number of thioether (sulfide) groups is 1. The zero-order valence-electron chi connectivity index (χ0n) is 20.3. The van der Waals surface area contributed by atoms with Crippen molar-refractivity contribution >= 4 is 23.5 Å². The van der Waals surface area contributed by atoms with Crippen molar-refractivity contribution in [2.24, 2.45) is 5.92 Å². The number of ketones is 1. The second-order valence-electron chi connectivity index (χ2n) is 8.67. The molecule has 2 aromatic rings. The third kappa shape index (κ3) is 10.0. The molecule has 1 aromatic heterocycles. The minimum atomic E-state index is -0.207. The van der Waals surface area contributed by atoms with Crippen LogP contribution in [-0.4, -0.2) is 43.2 Å². The molecule has 2 N–H and O–H groups in total. The highest BCUT2D eigenvalue weighted by Crippen LogP contribution is 2.15. The Morgan fingerprint density at radius 1 is 1.15 bits per heavy atom. The molecule has 0 aliphatic carbocycles. The fourth-order valence-electron chi connectivity index (χ4n) is 3.59. The molecule has 6 nitrogen and oxygen atoms in total. The Labute approximate surface area is 202 Å². The minimum Gasteiger partial charge on any atom is -0.497 e. The number of carbonyl (C=O) groups is 2. The normalized spacial score (nSPS) is 13.0. The molecule has 0 spiro atoms. The summed E-state index contributed by atoms with van der Waals surface area (Å²) in [5.74, 6) is 3.22. The van der Waals surface area contributed by atoms with Gasteiger partial charge in [-0.2, -0.15) is 0 Å². The zero-order valence-corrected chi connectivity index (χ0v) is 21.1. The largest absolute Gasteiger partial charge is 0.497 e. The van der Waals surface area contributed by atoms with Gasteiger partial charge in [0, 0.05) is 18.2 Å². The number of methoxy groups -OCH3 is 1. The van der Waals surface area contributed by atoms with Crippen LogP contribution in [0.1, 0.15) is 62.6 Å². The molecule has 0 bridgehead atoms. The highest BCUT2D eigenvalue weighted by atomic mass is 32.2. The summed E-state index contributed by atoms with van der Waals surface area (Å²) in [6, 6.07) is 10.6. The number of amides is 1. The first-order chi connectivity index (χ1) is 15.9. The van der Waals surface area contributed by atoms with Gasteiger partial charge in [0.25, 0.3) is 5.91 Å². The topological polar surface area (TPSA) is 80.6 Å². The summed E-state index contributed by atoms with van der Waals surface area (Å²) in [5.41, 5.74) is 0.595. The van der Waals surface area contributed by atoms with Crippen LogP contribution in [0.2, 0.25) is 0 Å². The predicted molar refractivity (Wildman–Crippen MR) is 135 cm³/mol. The van der Waals surface area contributed by atoms with E-state index >= 15 is 0 Å². The average molecular weight is 475 g/mol. The molecular weight excluding hydrogens is 436 g/mol. The maximum absolute atomic E-state index is 12.9. The van der Waals surface area contributed by atoms with Crippen molar-refractivity contribution in [3.63, 3.8) is 0 Å². The van der Waals surface area contributed by atoms with E-state index in [1.54, 1.807) is 49.4 Å². The minimum absolute atomic E-state index is 0.0627. The number of nitrogens with one attached hydrogen (secondary N) is 2. The predicted octanol–water partition coefficient (Wildman–Crippen LogP) is 5.08. The quantitative estimate of drug-likeness (QED) is 0.353. The molecule has 1 amide bonds. The summed E-state index contributed by atoms with van der Waals surface area (Å²) in [5, 5.41) is 6.60. The van der Waals surface area contributed by atoms with E-state index in [9.17, 15) is 9.59 Å². The van der Waals surface area contributed by atoms with Gasteiger partial charge in [-0.15, -0.1) is 11.8 Å². The molecule has 7 heteroatoms.